The van der Waals surface area contributed by atoms with Crippen molar-refractivity contribution >= 4 is 17.6 Å². The van der Waals surface area contributed by atoms with Gasteiger partial charge in [-0.1, -0.05) is 11.6 Å². The summed E-state index contributed by atoms with van der Waals surface area (Å²) in [6.07, 6.45) is 5.07. The maximum Gasteiger partial charge on any atom is 0.377 e. The van der Waals surface area contributed by atoms with E-state index in [1.165, 1.54) is 12.5 Å². The molecule has 0 radical (unpaired) electrons. The fraction of sp³-hybridized carbons (Fsp3) is 0.421. The van der Waals surface area contributed by atoms with E-state index >= 15 is 0 Å². The number of carbonyl (C=O) groups excluding carboxylic acids is 2. The van der Waals surface area contributed by atoms with E-state index in [-0.39, 0.29) is 5.76 Å². The van der Waals surface area contributed by atoms with Gasteiger partial charge in [-0.25, -0.2) is 4.79 Å². The summed E-state index contributed by atoms with van der Waals surface area (Å²) in [6, 6.07) is 6.67. The van der Waals surface area contributed by atoms with Crippen LogP contribution in [0.15, 0.2) is 28.8 Å². The highest BCUT2D eigenvalue weighted by molar-refractivity contribution is 5.94. The first-order valence-electron chi connectivity index (χ1n) is 8.95. The average Bonchev–Trinajstić information content (AvgIpc) is 3.23. The predicted molar refractivity (Wildman–Crippen MR) is 93.7 cm³/mol. The molecular formula is C19H20N2O6. The molecule has 4 rings (SSSR count). The average molecular weight is 372 g/mol. The van der Waals surface area contributed by atoms with Gasteiger partial charge in [0.15, 0.2) is 18.1 Å². The fourth-order valence-corrected chi connectivity index (χ4v) is 3.33. The van der Waals surface area contributed by atoms with E-state index in [0.717, 1.165) is 25.7 Å². The summed E-state index contributed by atoms with van der Waals surface area (Å²) in [5, 5.41) is 6.28. The summed E-state index contributed by atoms with van der Waals surface area (Å²) in [5.74, 6) is -0.512. The maximum atomic E-state index is 12.0. The minimum atomic E-state index is -0.740. The summed E-state index contributed by atoms with van der Waals surface area (Å²) in [5.41, 5.74) is 1.10. The number of hydrogen-bond donors (Lipinski definition) is 1. The Morgan fingerprint density at radius 1 is 1.15 bits per heavy atom. The summed E-state index contributed by atoms with van der Waals surface area (Å²) >= 11 is 0. The van der Waals surface area contributed by atoms with Crippen LogP contribution < -0.4 is 14.8 Å². The van der Waals surface area contributed by atoms with Gasteiger partial charge in [0.1, 0.15) is 0 Å². The molecule has 0 atom stereocenters. The van der Waals surface area contributed by atoms with Crippen molar-refractivity contribution in [1.82, 2.24) is 5.16 Å². The van der Waals surface area contributed by atoms with Crippen molar-refractivity contribution in [3.63, 3.8) is 0 Å². The van der Waals surface area contributed by atoms with E-state index in [9.17, 15) is 9.59 Å². The number of fused-ring (bicyclic) bond motifs is 1. The van der Waals surface area contributed by atoms with Crippen LogP contribution in [0.2, 0.25) is 0 Å². The van der Waals surface area contributed by atoms with Crippen LogP contribution >= 0.6 is 0 Å². The van der Waals surface area contributed by atoms with Crippen molar-refractivity contribution in [1.29, 1.82) is 0 Å². The van der Waals surface area contributed by atoms with E-state index in [0.29, 0.717) is 22.9 Å². The number of aryl methyl sites for hydroxylation is 1. The molecule has 1 aromatic heterocycles. The topological polar surface area (TPSA) is 99.9 Å². The third-order valence-corrected chi connectivity index (χ3v) is 4.60. The Hall–Kier alpha value is -3.03. The molecule has 8 heteroatoms. The molecule has 1 amide bonds. The molecule has 2 aromatic rings. The molecule has 2 aliphatic rings. The van der Waals surface area contributed by atoms with Crippen LogP contribution in [0.25, 0.3) is 0 Å². The molecular weight excluding hydrogens is 352 g/mol. The molecule has 0 saturated heterocycles. The van der Waals surface area contributed by atoms with E-state index in [2.05, 4.69) is 10.5 Å². The third kappa shape index (κ3) is 3.74. The largest absolute Gasteiger partial charge is 0.450 e. The Morgan fingerprint density at radius 2 is 1.93 bits per heavy atom. The molecule has 27 heavy (non-hydrogen) atoms. The second kappa shape index (κ2) is 6.94. The van der Waals surface area contributed by atoms with Crippen molar-refractivity contribution in [3.8, 4) is 11.5 Å². The minimum Gasteiger partial charge on any atom is -0.450 e. The van der Waals surface area contributed by atoms with Gasteiger partial charge in [0.25, 0.3) is 11.7 Å². The number of nitrogens with zero attached hydrogens (tertiary/aromatic N) is 1. The molecule has 1 saturated carbocycles. The second-order valence-electron chi connectivity index (χ2n) is 6.79. The lowest BCUT2D eigenvalue weighted by Gasteiger charge is -2.31. The van der Waals surface area contributed by atoms with E-state index in [1.807, 2.05) is 0 Å². The zero-order chi connectivity index (χ0) is 18.9. The van der Waals surface area contributed by atoms with E-state index < -0.39 is 24.3 Å². The molecule has 0 unspecified atom stereocenters. The highest BCUT2D eigenvalue weighted by Gasteiger charge is 2.42. The first kappa shape index (κ1) is 17.4. The van der Waals surface area contributed by atoms with Gasteiger partial charge in [-0.3, -0.25) is 4.79 Å². The third-order valence-electron chi connectivity index (χ3n) is 4.60. The van der Waals surface area contributed by atoms with Crippen molar-refractivity contribution in [2.75, 3.05) is 11.9 Å². The van der Waals surface area contributed by atoms with Crippen LogP contribution in [0.3, 0.4) is 0 Å². The van der Waals surface area contributed by atoms with Gasteiger partial charge < -0.3 is 24.1 Å². The lowest BCUT2D eigenvalue weighted by molar-refractivity contribution is -0.119. The molecule has 1 aromatic carbocycles. The zero-order valence-electron chi connectivity index (χ0n) is 14.9. The molecule has 142 valence electrons. The predicted octanol–water partition coefficient (Wildman–Crippen LogP) is 3.21. The Morgan fingerprint density at radius 3 is 2.67 bits per heavy atom. The normalized spacial score (nSPS) is 16.9. The molecule has 2 heterocycles. The second-order valence-corrected chi connectivity index (χ2v) is 6.79. The van der Waals surface area contributed by atoms with Crippen LogP contribution in [0.5, 0.6) is 11.5 Å². The lowest BCUT2D eigenvalue weighted by atomic mass is 9.94. The van der Waals surface area contributed by atoms with Crippen LogP contribution in [-0.2, 0) is 9.53 Å². The number of esters is 1. The summed E-state index contributed by atoms with van der Waals surface area (Å²) < 4.78 is 21.8. The SMILES string of the molecule is Cc1cc(C(=O)OCC(=O)Nc2ccc3c(c2)OC2(CCCCC2)O3)on1. The van der Waals surface area contributed by atoms with Crippen molar-refractivity contribution < 1.29 is 28.3 Å². The molecule has 0 bridgehead atoms. The standard InChI is InChI=1S/C19H20N2O6/c1-12-9-16(27-21-12)18(23)24-11-17(22)20-13-5-6-14-15(10-13)26-19(25-14)7-3-2-4-8-19/h5-6,9-10H,2-4,7-8,11H2,1H3,(H,20,22). The Kier molecular flexibility index (Phi) is 4.47. The fourth-order valence-electron chi connectivity index (χ4n) is 3.33. The highest BCUT2D eigenvalue weighted by Crippen LogP contribution is 2.46. The van der Waals surface area contributed by atoms with E-state index in [4.69, 9.17) is 18.7 Å². The monoisotopic (exact) mass is 372 g/mol. The summed E-state index contributed by atoms with van der Waals surface area (Å²) in [6.45, 7) is 1.25. The molecule has 1 fully saturated rings. The Labute approximate surface area is 155 Å². The van der Waals surface area contributed by atoms with Gasteiger partial charge in [0, 0.05) is 30.7 Å². The molecule has 1 aliphatic carbocycles. The van der Waals surface area contributed by atoms with Crippen molar-refractivity contribution in [2.24, 2.45) is 0 Å². The van der Waals surface area contributed by atoms with Gasteiger partial charge in [-0.05, 0) is 31.9 Å². The van der Waals surface area contributed by atoms with Gasteiger partial charge in [0.2, 0.25) is 5.76 Å². The highest BCUT2D eigenvalue weighted by atomic mass is 16.7. The Balaban J connectivity index is 1.33. The smallest absolute Gasteiger partial charge is 0.377 e. The number of carbonyl (C=O) groups is 2. The quantitative estimate of drug-likeness (QED) is 0.823. The van der Waals surface area contributed by atoms with Crippen LogP contribution in [-0.4, -0.2) is 29.4 Å². The van der Waals surface area contributed by atoms with Gasteiger partial charge >= 0.3 is 5.97 Å². The molecule has 1 N–H and O–H groups in total. The van der Waals surface area contributed by atoms with Crippen LogP contribution in [0.4, 0.5) is 5.69 Å². The molecule has 1 spiro atoms. The zero-order valence-corrected chi connectivity index (χ0v) is 14.9. The minimum absolute atomic E-state index is 0.0406. The van der Waals surface area contributed by atoms with E-state index in [1.54, 1.807) is 25.1 Å². The number of ether oxygens (including phenoxy) is 3. The van der Waals surface area contributed by atoms with Crippen LogP contribution in [0.1, 0.15) is 48.4 Å². The summed E-state index contributed by atoms with van der Waals surface area (Å²) in [4.78, 5) is 23.8. The number of rotatable bonds is 4. The molecule has 8 nitrogen and oxygen atoms in total. The first-order valence-corrected chi connectivity index (χ1v) is 8.95. The number of amides is 1. The van der Waals surface area contributed by atoms with Crippen molar-refractivity contribution in [2.45, 2.75) is 44.8 Å². The Bertz CT molecular complexity index is 869. The van der Waals surface area contributed by atoms with Crippen LogP contribution in [0, 0.1) is 6.92 Å². The number of aromatic nitrogens is 1. The van der Waals surface area contributed by atoms with Gasteiger partial charge in [-0.2, -0.15) is 0 Å². The summed E-state index contributed by atoms with van der Waals surface area (Å²) in [7, 11) is 0. The molecule has 1 aliphatic heterocycles. The first-order chi connectivity index (χ1) is 13.0. The maximum absolute atomic E-state index is 12.0. The lowest BCUT2D eigenvalue weighted by Crippen LogP contribution is -2.40. The van der Waals surface area contributed by atoms with Crippen molar-refractivity contribution in [3.05, 3.63) is 35.7 Å². The number of benzene rings is 1. The number of anilines is 1. The van der Waals surface area contributed by atoms with Gasteiger partial charge in [0.05, 0.1) is 5.69 Å². The number of nitrogens with one attached hydrogen (secondary N) is 1. The van der Waals surface area contributed by atoms with Gasteiger partial charge in [-0.15, -0.1) is 0 Å². The number of hydrogen-bond acceptors (Lipinski definition) is 7.